The van der Waals surface area contributed by atoms with Crippen molar-refractivity contribution in [2.45, 2.75) is 157 Å². The maximum Gasteiger partial charge on any atom is 0.252 e. The van der Waals surface area contributed by atoms with Gasteiger partial charge in [0.15, 0.2) is 0 Å². The largest absolute Gasteiger partial charge is 0.311 e. The van der Waals surface area contributed by atoms with Gasteiger partial charge >= 0.3 is 0 Å². The molecular formula is C54H69BN2. The highest BCUT2D eigenvalue weighted by molar-refractivity contribution is 7.00. The highest BCUT2D eigenvalue weighted by Crippen LogP contribution is 2.48. The van der Waals surface area contributed by atoms with Crippen molar-refractivity contribution in [1.29, 1.82) is 0 Å². The third-order valence-corrected chi connectivity index (χ3v) is 12.5. The molecule has 0 spiro atoms. The second-order valence-corrected chi connectivity index (χ2v) is 23.4. The molecule has 0 bridgehead atoms. The molecule has 2 aliphatic rings. The van der Waals surface area contributed by atoms with E-state index in [1.54, 1.807) is 0 Å². The molecule has 298 valence electrons. The van der Waals surface area contributed by atoms with E-state index in [0.29, 0.717) is 0 Å². The van der Waals surface area contributed by atoms with E-state index in [0.717, 1.165) is 0 Å². The number of fused-ring (bicyclic) bond motifs is 4. The summed E-state index contributed by atoms with van der Waals surface area (Å²) in [7, 11) is 0. The van der Waals surface area contributed by atoms with Crippen LogP contribution in [0.25, 0.3) is 0 Å². The molecule has 0 amide bonds. The standard InChI is InChI=1S/C54H69BN2/c1-49(2,3)34-20-19-21-40(27-34)56-44-30-35(50(4,5)6)22-24-42(44)55-43-25-23-36(51(7,8)9)31-45(43)57(47-33-39(54(16,17)18)32-46(56)48(47)55)41-28-37(52(10,11)12)26-38(29-41)53(13,14)15/h19-33H,1-18H3. The van der Waals surface area contributed by atoms with Crippen LogP contribution >= 0.6 is 0 Å². The van der Waals surface area contributed by atoms with Crippen LogP contribution in [0.5, 0.6) is 0 Å². The average molecular weight is 757 g/mol. The summed E-state index contributed by atoms with van der Waals surface area (Å²) in [5.74, 6) is 0. The van der Waals surface area contributed by atoms with E-state index in [1.165, 1.54) is 83.9 Å². The SMILES string of the molecule is CC(C)(C)c1cccc(N2c3cc(C(C)(C)C)ccc3B3c4ccc(C(C)(C)C)cc4N(c4cc(C(C)(C)C)cc(C(C)(C)C)c4)c4cc(C(C)(C)C)cc2c43)c1. The summed E-state index contributed by atoms with van der Waals surface area (Å²) in [6.45, 7) is 42.3. The van der Waals surface area contributed by atoms with Crippen LogP contribution in [0.1, 0.15) is 158 Å². The second kappa shape index (κ2) is 13.1. The fraction of sp³-hybridized carbons (Fsp3) is 0.444. The van der Waals surface area contributed by atoms with Gasteiger partial charge in [0.1, 0.15) is 0 Å². The lowest BCUT2D eigenvalue weighted by molar-refractivity contribution is 0.568. The van der Waals surface area contributed by atoms with E-state index in [-0.39, 0.29) is 39.2 Å². The van der Waals surface area contributed by atoms with Crippen LogP contribution in [0.15, 0.2) is 91.0 Å². The van der Waals surface area contributed by atoms with Gasteiger partial charge in [0, 0.05) is 34.1 Å². The average Bonchev–Trinajstić information content (AvgIpc) is 3.08. The third-order valence-electron chi connectivity index (χ3n) is 12.5. The lowest BCUT2D eigenvalue weighted by Crippen LogP contribution is -2.61. The molecule has 0 aromatic heterocycles. The summed E-state index contributed by atoms with van der Waals surface area (Å²) in [6, 6.07) is 36.6. The molecule has 57 heavy (non-hydrogen) atoms. The Morgan fingerprint density at radius 1 is 0.316 bits per heavy atom. The lowest BCUT2D eigenvalue weighted by atomic mass is 9.33. The van der Waals surface area contributed by atoms with Crippen molar-refractivity contribution in [3.8, 4) is 0 Å². The van der Waals surface area contributed by atoms with Gasteiger partial charge in [-0.3, -0.25) is 0 Å². The number of nitrogens with zero attached hydrogens (tertiary/aromatic N) is 2. The Labute approximate surface area is 347 Å². The molecule has 2 heterocycles. The normalized spacial score (nSPS) is 14.7. The minimum atomic E-state index is -0.0868. The highest BCUT2D eigenvalue weighted by atomic mass is 15.2. The van der Waals surface area contributed by atoms with Gasteiger partial charge < -0.3 is 9.80 Å². The smallest absolute Gasteiger partial charge is 0.252 e. The molecular weight excluding hydrogens is 687 g/mol. The van der Waals surface area contributed by atoms with E-state index in [1.807, 2.05) is 0 Å². The molecule has 7 rings (SSSR count). The van der Waals surface area contributed by atoms with Crippen molar-refractivity contribution in [2.24, 2.45) is 0 Å². The quantitative estimate of drug-likeness (QED) is 0.162. The van der Waals surface area contributed by atoms with Crippen molar-refractivity contribution in [3.05, 3.63) is 124 Å². The summed E-state index contributed by atoms with van der Waals surface area (Å²) < 4.78 is 0. The van der Waals surface area contributed by atoms with E-state index >= 15 is 0 Å². The molecule has 0 atom stereocenters. The molecule has 2 nitrogen and oxygen atoms in total. The summed E-state index contributed by atoms with van der Waals surface area (Å²) in [5, 5.41) is 0. The van der Waals surface area contributed by atoms with Gasteiger partial charge in [-0.15, -0.1) is 0 Å². The first-order valence-electron chi connectivity index (χ1n) is 21.4. The summed E-state index contributed by atoms with van der Waals surface area (Å²) in [4.78, 5) is 5.27. The van der Waals surface area contributed by atoms with Crippen molar-refractivity contribution in [3.63, 3.8) is 0 Å². The Morgan fingerprint density at radius 3 is 1.05 bits per heavy atom. The van der Waals surface area contributed by atoms with E-state index < -0.39 is 0 Å². The molecule has 0 unspecified atom stereocenters. The summed E-state index contributed by atoms with van der Waals surface area (Å²) in [6.07, 6.45) is 0. The first-order valence-corrected chi connectivity index (χ1v) is 21.4. The molecule has 0 N–H and O–H groups in total. The van der Waals surface area contributed by atoms with Crippen LogP contribution in [0.4, 0.5) is 34.1 Å². The van der Waals surface area contributed by atoms with Crippen molar-refractivity contribution in [2.75, 3.05) is 9.80 Å². The fourth-order valence-corrected chi connectivity index (χ4v) is 8.63. The second-order valence-electron chi connectivity index (χ2n) is 23.4. The summed E-state index contributed by atoms with van der Waals surface area (Å²) in [5.41, 5.74) is 19.7. The molecule has 2 aliphatic heterocycles. The maximum atomic E-state index is 2.65. The Morgan fingerprint density at radius 2 is 0.649 bits per heavy atom. The number of benzene rings is 5. The molecule has 5 aromatic rings. The van der Waals surface area contributed by atoms with Crippen LogP contribution in [-0.4, -0.2) is 6.71 Å². The van der Waals surface area contributed by atoms with E-state index in [4.69, 9.17) is 0 Å². The zero-order valence-corrected chi connectivity index (χ0v) is 38.6. The zero-order valence-electron chi connectivity index (χ0n) is 38.6. The minimum Gasteiger partial charge on any atom is -0.311 e. The predicted octanol–water partition coefficient (Wildman–Crippen LogP) is 13.6. The molecule has 3 heteroatoms. The topological polar surface area (TPSA) is 6.48 Å². The molecule has 5 aromatic carbocycles. The lowest BCUT2D eigenvalue weighted by Gasteiger charge is -2.46. The molecule has 0 saturated carbocycles. The summed E-state index contributed by atoms with van der Waals surface area (Å²) >= 11 is 0. The minimum absolute atomic E-state index is 0.00162. The van der Waals surface area contributed by atoms with E-state index in [9.17, 15) is 0 Å². The van der Waals surface area contributed by atoms with Crippen molar-refractivity contribution >= 4 is 57.2 Å². The van der Waals surface area contributed by atoms with Gasteiger partial charge in [0.25, 0.3) is 6.71 Å². The number of hydrogen-bond donors (Lipinski definition) is 0. The van der Waals surface area contributed by atoms with Crippen LogP contribution in [0, 0.1) is 0 Å². The van der Waals surface area contributed by atoms with Gasteiger partial charge in [-0.2, -0.15) is 0 Å². The van der Waals surface area contributed by atoms with Gasteiger partial charge in [-0.1, -0.05) is 167 Å². The van der Waals surface area contributed by atoms with Crippen LogP contribution in [0.2, 0.25) is 0 Å². The molecule has 0 radical (unpaired) electrons. The first-order chi connectivity index (χ1) is 26.0. The molecule has 0 saturated heterocycles. The Bertz CT molecular complexity index is 2340. The zero-order chi connectivity index (χ0) is 42.0. The van der Waals surface area contributed by atoms with Crippen LogP contribution in [-0.2, 0) is 32.5 Å². The van der Waals surface area contributed by atoms with Crippen molar-refractivity contribution < 1.29 is 0 Å². The van der Waals surface area contributed by atoms with Gasteiger partial charge in [0.05, 0.1) is 0 Å². The van der Waals surface area contributed by atoms with Crippen LogP contribution in [0.3, 0.4) is 0 Å². The number of rotatable bonds is 2. The van der Waals surface area contributed by atoms with Crippen molar-refractivity contribution in [1.82, 2.24) is 0 Å². The molecule has 0 aliphatic carbocycles. The van der Waals surface area contributed by atoms with Gasteiger partial charge in [-0.05, 0) is 131 Å². The highest BCUT2D eigenvalue weighted by Gasteiger charge is 2.45. The Balaban J connectivity index is 1.67. The first kappa shape index (κ1) is 40.9. The van der Waals surface area contributed by atoms with Gasteiger partial charge in [-0.25, -0.2) is 0 Å². The maximum absolute atomic E-state index is 2.65. The van der Waals surface area contributed by atoms with Crippen LogP contribution < -0.4 is 26.2 Å². The predicted molar refractivity (Wildman–Crippen MR) is 253 cm³/mol. The Hall–Kier alpha value is -4.24. The number of hydrogen-bond acceptors (Lipinski definition) is 2. The van der Waals surface area contributed by atoms with E-state index in [2.05, 4.69) is 225 Å². The number of anilines is 6. The third kappa shape index (κ3) is 7.38. The monoisotopic (exact) mass is 757 g/mol. The van der Waals surface area contributed by atoms with Gasteiger partial charge in [0.2, 0.25) is 0 Å². The Kier molecular flexibility index (Phi) is 9.44. The molecule has 0 fully saturated rings. The fourth-order valence-electron chi connectivity index (χ4n) is 8.63.